The van der Waals surface area contributed by atoms with E-state index in [2.05, 4.69) is 240 Å². The van der Waals surface area contributed by atoms with Crippen LogP contribution in [0, 0.1) is 0 Å². The van der Waals surface area contributed by atoms with E-state index in [9.17, 15) is 0 Å². The van der Waals surface area contributed by atoms with Crippen molar-refractivity contribution in [1.82, 2.24) is 9.13 Å². The first-order valence-corrected chi connectivity index (χ1v) is 21.4. The first-order valence-electron chi connectivity index (χ1n) is 21.4. The summed E-state index contributed by atoms with van der Waals surface area (Å²) >= 11 is 0. The molecule has 0 saturated heterocycles. The minimum atomic E-state index is -0.677. The van der Waals surface area contributed by atoms with Gasteiger partial charge >= 0.3 is 0 Å². The molecule has 3 heteroatoms. The molecule has 0 amide bonds. The molecular formula is C58H41N3. The Bertz CT molecular complexity index is 3430. The summed E-state index contributed by atoms with van der Waals surface area (Å²) in [7, 11) is 0. The summed E-state index contributed by atoms with van der Waals surface area (Å²) in [6.45, 7) is 4.80. The van der Waals surface area contributed by atoms with Crippen molar-refractivity contribution in [2.75, 3.05) is 4.90 Å². The molecule has 288 valence electrons. The van der Waals surface area contributed by atoms with E-state index >= 15 is 0 Å². The van der Waals surface area contributed by atoms with Gasteiger partial charge in [-0.25, -0.2) is 0 Å². The molecule has 0 bridgehead atoms. The summed E-state index contributed by atoms with van der Waals surface area (Å²) in [5.74, 6) is 0. The van der Waals surface area contributed by atoms with E-state index in [1.807, 2.05) is 0 Å². The molecule has 1 aliphatic carbocycles. The SMILES string of the molecule is CC1(C)c2cc(N3c4ccccc4C(c4ccccc4)(n4c5ccccc5c5ccccc54)c4ccccc43)ccc2-c2ccc(-n3c4ccccc4c4ccccc43)cc21. The third kappa shape index (κ3) is 4.47. The van der Waals surface area contributed by atoms with Gasteiger partial charge in [0.25, 0.3) is 0 Å². The zero-order chi connectivity index (χ0) is 40.5. The number of nitrogens with zero attached hydrogens (tertiary/aromatic N) is 3. The Hall–Kier alpha value is -7.62. The van der Waals surface area contributed by atoms with Crippen LogP contribution in [0.2, 0.25) is 0 Å². The summed E-state index contributed by atoms with van der Waals surface area (Å²) in [6, 6.07) is 79.0. The molecule has 11 aromatic rings. The van der Waals surface area contributed by atoms with Crippen molar-refractivity contribution < 1.29 is 0 Å². The Labute approximate surface area is 355 Å². The van der Waals surface area contributed by atoms with E-state index in [-0.39, 0.29) is 5.41 Å². The molecule has 0 atom stereocenters. The first-order chi connectivity index (χ1) is 30.0. The van der Waals surface area contributed by atoms with Crippen LogP contribution in [0.3, 0.4) is 0 Å². The number of benzene rings is 9. The Morgan fingerprint density at radius 3 is 1.30 bits per heavy atom. The van der Waals surface area contributed by atoms with Crippen molar-refractivity contribution in [3.8, 4) is 16.8 Å². The van der Waals surface area contributed by atoms with Gasteiger partial charge in [0, 0.05) is 49.5 Å². The second-order valence-corrected chi connectivity index (χ2v) is 17.3. The number of hydrogen-bond acceptors (Lipinski definition) is 1. The quantitative estimate of drug-likeness (QED) is 0.173. The first kappa shape index (κ1) is 34.3. The van der Waals surface area contributed by atoms with Crippen LogP contribution in [0.5, 0.6) is 0 Å². The number of para-hydroxylation sites is 6. The molecule has 1 aliphatic heterocycles. The second-order valence-electron chi connectivity index (χ2n) is 17.3. The predicted octanol–water partition coefficient (Wildman–Crippen LogP) is 14.8. The topological polar surface area (TPSA) is 13.1 Å². The van der Waals surface area contributed by atoms with Gasteiger partial charge in [0.05, 0.1) is 33.4 Å². The summed E-state index contributed by atoms with van der Waals surface area (Å²) in [4.78, 5) is 2.52. The van der Waals surface area contributed by atoms with Crippen molar-refractivity contribution in [3.05, 3.63) is 240 Å². The van der Waals surface area contributed by atoms with E-state index in [4.69, 9.17) is 0 Å². The molecule has 0 fully saturated rings. The van der Waals surface area contributed by atoms with Gasteiger partial charge in [-0.2, -0.15) is 0 Å². The highest BCUT2D eigenvalue weighted by Crippen LogP contribution is 2.58. The normalized spacial score (nSPS) is 14.6. The maximum absolute atomic E-state index is 2.62. The van der Waals surface area contributed by atoms with Crippen LogP contribution in [0.1, 0.15) is 41.7 Å². The fourth-order valence-electron chi connectivity index (χ4n) is 11.3. The second kappa shape index (κ2) is 12.5. The molecule has 9 aromatic carbocycles. The molecule has 0 N–H and O–H groups in total. The third-order valence-corrected chi connectivity index (χ3v) is 13.9. The van der Waals surface area contributed by atoms with Crippen molar-refractivity contribution in [3.63, 3.8) is 0 Å². The molecule has 61 heavy (non-hydrogen) atoms. The molecule has 0 saturated carbocycles. The highest BCUT2D eigenvalue weighted by atomic mass is 15.2. The van der Waals surface area contributed by atoms with E-state index < -0.39 is 5.54 Å². The van der Waals surface area contributed by atoms with Crippen LogP contribution in [0.25, 0.3) is 60.4 Å². The average Bonchev–Trinajstić information content (AvgIpc) is 3.91. The van der Waals surface area contributed by atoms with Crippen LogP contribution in [-0.2, 0) is 11.0 Å². The van der Waals surface area contributed by atoms with Crippen molar-refractivity contribution >= 4 is 60.7 Å². The van der Waals surface area contributed by atoms with Crippen LogP contribution in [0.15, 0.2) is 212 Å². The van der Waals surface area contributed by atoms with Crippen LogP contribution < -0.4 is 4.90 Å². The molecule has 3 heterocycles. The van der Waals surface area contributed by atoms with Gasteiger partial charge in [-0.1, -0.05) is 166 Å². The molecule has 13 rings (SSSR count). The van der Waals surface area contributed by atoms with Gasteiger partial charge in [0.1, 0.15) is 5.54 Å². The molecule has 2 aromatic heterocycles. The lowest BCUT2D eigenvalue weighted by Crippen LogP contribution is -2.42. The number of anilines is 3. The van der Waals surface area contributed by atoms with Gasteiger partial charge in [-0.3, -0.25) is 0 Å². The van der Waals surface area contributed by atoms with E-state index in [0.29, 0.717) is 0 Å². The van der Waals surface area contributed by atoms with Crippen molar-refractivity contribution in [1.29, 1.82) is 0 Å². The summed E-state index contributed by atoms with van der Waals surface area (Å²) in [5, 5.41) is 5.07. The Morgan fingerprint density at radius 2 is 0.754 bits per heavy atom. The molecule has 2 aliphatic rings. The van der Waals surface area contributed by atoms with Crippen LogP contribution in [-0.4, -0.2) is 9.13 Å². The molecule has 0 radical (unpaired) electrons. The Kier molecular flexibility index (Phi) is 6.99. The zero-order valence-corrected chi connectivity index (χ0v) is 34.0. The lowest BCUT2D eigenvalue weighted by atomic mass is 9.72. The average molecular weight is 780 g/mol. The molecule has 0 spiro atoms. The van der Waals surface area contributed by atoms with Crippen molar-refractivity contribution in [2.24, 2.45) is 0 Å². The van der Waals surface area contributed by atoms with Crippen LogP contribution in [0.4, 0.5) is 17.1 Å². The molecule has 0 unspecified atom stereocenters. The highest BCUT2D eigenvalue weighted by Gasteiger charge is 2.48. The number of hydrogen-bond donors (Lipinski definition) is 0. The number of fused-ring (bicyclic) bond motifs is 11. The third-order valence-electron chi connectivity index (χ3n) is 13.9. The summed E-state index contributed by atoms with van der Waals surface area (Å²) in [5.41, 5.74) is 17.7. The number of rotatable bonds is 4. The minimum absolute atomic E-state index is 0.235. The van der Waals surface area contributed by atoms with Gasteiger partial charge in [0.15, 0.2) is 0 Å². The van der Waals surface area contributed by atoms with Crippen LogP contribution >= 0.6 is 0 Å². The molecular weight excluding hydrogens is 739 g/mol. The number of aromatic nitrogens is 2. The predicted molar refractivity (Wildman–Crippen MR) is 254 cm³/mol. The maximum Gasteiger partial charge on any atom is 0.125 e. The van der Waals surface area contributed by atoms with Gasteiger partial charge < -0.3 is 14.0 Å². The highest BCUT2D eigenvalue weighted by molar-refractivity contribution is 6.10. The monoisotopic (exact) mass is 779 g/mol. The van der Waals surface area contributed by atoms with Crippen molar-refractivity contribution in [2.45, 2.75) is 24.8 Å². The van der Waals surface area contributed by atoms with Gasteiger partial charge in [0.2, 0.25) is 0 Å². The van der Waals surface area contributed by atoms with E-state index in [1.165, 1.54) is 99.6 Å². The molecule has 3 nitrogen and oxygen atoms in total. The summed E-state index contributed by atoms with van der Waals surface area (Å²) < 4.78 is 5.06. The van der Waals surface area contributed by atoms with Gasteiger partial charge in [-0.15, -0.1) is 0 Å². The standard InChI is InChI=1S/C58H41N3/c1-57(2)49-36-39(59-51-26-12-6-20-43(51)44-21-7-13-27-52(44)59)32-34-41(49)42-35-33-40(37-50(42)57)60-55-30-16-10-24-47(55)58(38-18-4-3-5-19-38,48-25-11-17-31-56(48)60)61-53-28-14-8-22-45(53)46-23-9-15-29-54(46)61/h3-37H,1-2H3. The lowest BCUT2D eigenvalue weighted by Gasteiger charge is -2.47. The zero-order valence-electron chi connectivity index (χ0n) is 34.0. The summed E-state index contributed by atoms with van der Waals surface area (Å²) in [6.07, 6.45) is 0. The maximum atomic E-state index is 2.62. The van der Waals surface area contributed by atoms with E-state index in [1.54, 1.807) is 0 Å². The fourth-order valence-corrected chi connectivity index (χ4v) is 11.3. The largest absolute Gasteiger partial charge is 0.322 e. The van der Waals surface area contributed by atoms with E-state index in [0.717, 1.165) is 5.69 Å². The van der Waals surface area contributed by atoms with Gasteiger partial charge in [-0.05, 0) is 88.5 Å². The lowest BCUT2D eigenvalue weighted by molar-refractivity contribution is 0.544. The smallest absolute Gasteiger partial charge is 0.125 e. The Balaban J connectivity index is 1.02. The Morgan fingerprint density at radius 1 is 0.344 bits per heavy atom. The minimum Gasteiger partial charge on any atom is -0.322 e. The fraction of sp³-hybridized carbons (Fsp3) is 0.0690.